The first kappa shape index (κ1) is 9.74. The van der Waals surface area contributed by atoms with Gasteiger partial charge in [-0.05, 0) is 18.2 Å². The second-order valence-corrected chi connectivity index (χ2v) is 9.68. The smallest absolute Gasteiger partial charge is 0.154 e. The highest BCUT2D eigenvalue weighted by Gasteiger charge is 2.18. The molecule has 2 aromatic rings. The van der Waals surface area contributed by atoms with Crippen LogP contribution in [0.1, 0.15) is 0 Å². The fourth-order valence-corrected chi connectivity index (χ4v) is 3.00. The summed E-state index contributed by atoms with van der Waals surface area (Å²) in [6.45, 7) is 6.88. The molecule has 0 radical (unpaired) electrons. The Balaban J connectivity index is 2.70. The van der Waals surface area contributed by atoms with E-state index in [1.165, 1.54) is 5.52 Å². The fourth-order valence-electron chi connectivity index (χ4n) is 1.52. The second kappa shape index (κ2) is 3.10. The molecule has 0 aliphatic heterocycles. The maximum atomic E-state index is 5.90. The number of rotatable bonds is 1. The molecule has 74 valence electrons. The van der Waals surface area contributed by atoms with Gasteiger partial charge in [-0.15, -0.1) is 0 Å². The van der Waals surface area contributed by atoms with Crippen molar-refractivity contribution in [1.29, 1.82) is 0 Å². The summed E-state index contributed by atoms with van der Waals surface area (Å²) in [7, 11) is -1.35. The van der Waals surface area contributed by atoms with Crippen molar-refractivity contribution >= 4 is 30.9 Å². The molecular formula is C10H13ClN2Si. The highest BCUT2D eigenvalue weighted by molar-refractivity contribution is 6.75. The molecule has 0 spiro atoms. The lowest BCUT2D eigenvalue weighted by Gasteiger charge is -2.18. The van der Waals surface area contributed by atoms with Crippen molar-refractivity contribution in [3.63, 3.8) is 0 Å². The predicted octanol–water partition coefficient (Wildman–Crippen LogP) is 3.37. The third-order valence-corrected chi connectivity index (χ3v) is 4.27. The van der Waals surface area contributed by atoms with Gasteiger partial charge in [-0.1, -0.05) is 31.2 Å². The summed E-state index contributed by atoms with van der Waals surface area (Å²) in [5, 5.41) is 0.748. The first-order chi connectivity index (χ1) is 6.48. The molecule has 0 saturated heterocycles. The van der Waals surface area contributed by atoms with E-state index in [2.05, 4.69) is 28.9 Å². The van der Waals surface area contributed by atoms with Gasteiger partial charge < -0.3 is 4.23 Å². The van der Waals surface area contributed by atoms with Crippen molar-refractivity contribution in [3.05, 3.63) is 29.5 Å². The number of nitrogens with zero attached hydrogens (tertiary/aromatic N) is 2. The average molecular weight is 225 g/mol. The number of halogens is 1. The molecule has 2 rings (SSSR count). The Bertz CT molecular complexity index is 470. The van der Waals surface area contributed by atoms with Crippen LogP contribution in [0.5, 0.6) is 0 Å². The Labute approximate surface area is 89.6 Å². The fraction of sp³-hybridized carbons (Fsp3) is 0.300. The van der Waals surface area contributed by atoms with Gasteiger partial charge in [-0.3, -0.25) is 0 Å². The van der Waals surface area contributed by atoms with E-state index in [9.17, 15) is 0 Å². The molecule has 0 amide bonds. The largest absolute Gasteiger partial charge is 0.359 e. The zero-order chi connectivity index (χ0) is 10.3. The van der Waals surface area contributed by atoms with E-state index in [1.54, 1.807) is 0 Å². The van der Waals surface area contributed by atoms with Crippen LogP contribution in [0.4, 0.5) is 0 Å². The summed E-state index contributed by atoms with van der Waals surface area (Å²) < 4.78 is 2.29. The Morgan fingerprint density at radius 1 is 1.29 bits per heavy atom. The maximum Gasteiger partial charge on any atom is 0.154 e. The van der Waals surface area contributed by atoms with Crippen LogP contribution in [-0.4, -0.2) is 17.5 Å². The van der Waals surface area contributed by atoms with Crippen molar-refractivity contribution in [2.45, 2.75) is 19.6 Å². The summed E-state index contributed by atoms with van der Waals surface area (Å²) in [6, 6.07) is 5.87. The molecule has 0 bridgehead atoms. The molecule has 1 heterocycles. The Hall–Kier alpha value is -0.803. The van der Waals surface area contributed by atoms with E-state index in [1.807, 2.05) is 24.5 Å². The standard InChI is InChI=1S/C10H13ClN2Si/c1-14(2,3)13-7-12-9-6-8(11)4-5-10(9)13/h4-7H,1-3H3. The first-order valence-electron chi connectivity index (χ1n) is 4.61. The van der Waals surface area contributed by atoms with E-state index >= 15 is 0 Å². The van der Waals surface area contributed by atoms with E-state index in [-0.39, 0.29) is 0 Å². The van der Waals surface area contributed by atoms with Crippen molar-refractivity contribution in [2.75, 3.05) is 0 Å². The lowest BCUT2D eigenvalue weighted by Crippen LogP contribution is -2.30. The van der Waals surface area contributed by atoms with Gasteiger partial charge in [-0.25, -0.2) is 4.98 Å². The zero-order valence-electron chi connectivity index (χ0n) is 8.58. The molecule has 0 fully saturated rings. The highest BCUT2D eigenvalue weighted by atomic mass is 35.5. The molecule has 1 aromatic heterocycles. The molecular weight excluding hydrogens is 212 g/mol. The van der Waals surface area contributed by atoms with Gasteiger partial charge >= 0.3 is 0 Å². The van der Waals surface area contributed by atoms with E-state index < -0.39 is 8.24 Å². The average Bonchev–Trinajstić information content (AvgIpc) is 2.45. The summed E-state index contributed by atoms with van der Waals surface area (Å²) in [5.41, 5.74) is 2.17. The maximum absolute atomic E-state index is 5.90. The lowest BCUT2D eigenvalue weighted by molar-refractivity contribution is 1.16. The minimum absolute atomic E-state index is 0.748. The third-order valence-electron chi connectivity index (χ3n) is 2.23. The van der Waals surface area contributed by atoms with Crippen LogP contribution < -0.4 is 0 Å². The number of fused-ring (bicyclic) bond motifs is 1. The monoisotopic (exact) mass is 224 g/mol. The van der Waals surface area contributed by atoms with Crippen molar-refractivity contribution in [3.8, 4) is 0 Å². The number of hydrogen-bond acceptors (Lipinski definition) is 1. The minimum atomic E-state index is -1.35. The number of hydrogen-bond donors (Lipinski definition) is 0. The normalized spacial score (nSPS) is 12.3. The van der Waals surface area contributed by atoms with Crippen molar-refractivity contribution < 1.29 is 0 Å². The highest BCUT2D eigenvalue weighted by Crippen LogP contribution is 2.21. The first-order valence-corrected chi connectivity index (χ1v) is 8.44. The van der Waals surface area contributed by atoms with Crippen LogP contribution in [0.15, 0.2) is 24.5 Å². The van der Waals surface area contributed by atoms with Crippen molar-refractivity contribution in [1.82, 2.24) is 9.22 Å². The predicted molar refractivity (Wildman–Crippen MR) is 63.5 cm³/mol. The van der Waals surface area contributed by atoms with Gasteiger partial charge in [0.2, 0.25) is 0 Å². The summed E-state index contributed by atoms with van der Waals surface area (Å²) in [5.74, 6) is 0. The number of imidazole rings is 1. The van der Waals surface area contributed by atoms with E-state index in [4.69, 9.17) is 11.6 Å². The van der Waals surface area contributed by atoms with Crippen LogP contribution in [0.25, 0.3) is 11.0 Å². The summed E-state index contributed by atoms with van der Waals surface area (Å²) >= 11 is 5.90. The number of aromatic nitrogens is 2. The molecule has 2 nitrogen and oxygen atoms in total. The molecule has 1 aromatic carbocycles. The summed E-state index contributed by atoms with van der Waals surface area (Å²) in [4.78, 5) is 4.36. The van der Waals surface area contributed by atoms with Crippen LogP contribution in [-0.2, 0) is 0 Å². The topological polar surface area (TPSA) is 17.8 Å². The third kappa shape index (κ3) is 1.57. The zero-order valence-corrected chi connectivity index (χ0v) is 10.3. The van der Waals surface area contributed by atoms with Crippen molar-refractivity contribution in [2.24, 2.45) is 0 Å². The van der Waals surface area contributed by atoms with E-state index in [0.29, 0.717) is 0 Å². The van der Waals surface area contributed by atoms with Gasteiger partial charge in [-0.2, -0.15) is 0 Å². The molecule has 0 saturated carbocycles. The molecule has 0 atom stereocenters. The molecule has 14 heavy (non-hydrogen) atoms. The summed E-state index contributed by atoms with van der Waals surface area (Å²) in [6.07, 6.45) is 1.92. The molecule has 4 heteroatoms. The number of benzene rings is 1. The van der Waals surface area contributed by atoms with Gasteiger partial charge in [0.15, 0.2) is 8.24 Å². The van der Waals surface area contributed by atoms with E-state index in [0.717, 1.165) is 10.5 Å². The van der Waals surface area contributed by atoms with Gasteiger partial charge in [0.25, 0.3) is 0 Å². The second-order valence-electron chi connectivity index (χ2n) is 4.42. The van der Waals surface area contributed by atoms with Gasteiger partial charge in [0.1, 0.15) is 0 Å². The molecule has 0 N–H and O–H groups in total. The minimum Gasteiger partial charge on any atom is -0.359 e. The van der Waals surface area contributed by atoms with Gasteiger partial charge in [0.05, 0.1) is 17.4 Å². The quantitative estimate of drug-likeness (QED) is 0.680. The SMILES string of the molecule is C[Si](C)(C)n1cnc2cc(Cl)ccc21. The molecule has 0 unspecified atom stereocenters. The van der Waals surface area contributed by atoms with Gasteiger partial charge in [0, 0.05) is 5.02 Å². The Morgan fingerprint density at radius 3 is 2.64 bits per heavy atom. The Kier molecular flexibility index (Phi) is 2.16. The molecule has 0 aliphatic rings. The van der Waals surface area contributed by atoms with Crippen LogP contribution >= 0.6 is 11.6 Å². The van der Waals surface area contributed by atoms with Crippen LogP contribution in [0, 0.1) is 0 Å². The van der Waals surface area contributed by atoms with Crippen LogP contribution in [0.2, 0.25) is 24.7 Å². The lowest BCUT2D eigenvalue weighted by atomic mass is 10.3. The molecule has 0 aliphatic carbocycles. The van der Waals surface area contributed by atoms with Crippen LogP contribution in [0.3, 0.4) is 0 Å². The Morgan fingerprint density at radius 2 is 2.00 bits per heavy atom.